The molecule has 0 spiro atoms. The minimum atomic E-state index is -0.408. The second kappa shape index (κ2) is 11.6. The van der Waals surface area contributed by atoms with Crippen molar-refractivity contribution in [2.45, 2.75) is 32.7 Å². The fraction of sp³-hybridized carbons (Fsp3) is 0.310. The maximum absolute atomic E-state index is 13.2. The lowest BCUT2D eigenvalue weighted by molar-refractivity contribution is -0.118. The van der Waals surface area contributed by atoms with E-state index in [-0.39, 0.29) is 11.7 Å². The monoisotopic (exact) mass is 487 g/mol. The SMILES string of the molecule is COc1ccc(C(=O)N/C(=C\c2ccco2)C(=O)NC(C)c2ccc(N3CCC(C)CC3)cc2)cc1. The summed E-state index contributed by atoms with van der Waals surface area (Å²) in [6.07, 6.45) is 5.45. The molecule has 188 valence electrons. The van der Waals surface area contributed by atoms with Crippen LogP contribution < -0.4 is 20.3 Å². The number of carbonyl (C=O) groups is 2. The molecule has 4 rings (SSSR count). The molecule has 36 heavy (non-hydrogen) atoms. The molecule has 1 aliphatic heterocycles. The summed E-state index contributed by atoms with van der Waals surface area (Å²) in [5, 5.41) is 5.72. The van der Waals surface area contributed by atoms with Crippen LogP contribution in [0.1, 0.15) is 54.4 Å². The summed E-state index contributed by atoms with van der Waals surface area (Å²) in [6.45, 7) is 6.37. The van der Waals surface area contributed by atoms with E-state index < -0.39 is 11.8 Å². The summed E-state index contributed by atoms with van der Waals surface area (Å²) in [7, 11) is 1.56. The van der Waals surface area contributed by atoms with Crippen LogP contribution in [0.4, 0.5) is 5.69 Å². The van der Waals surface area contributed by atoms with E-state index in [0.29, 0.717) is 17.1 Å². The van der Waals surface area contributed by atoms with Crippen molar-refractivity contribution in [1.29, 1.82) is 0 Å². The number of anilines is 1. The van der Waals surface area contributed by atoms with E-state index in [0.717, 1.165) is 24.6 Å². The number of nitrogens with one attached hydrogen (secondary N) is 2. The fourth-order valence-electron chi connectivity index (χ4n) is 4.21. The van der Waals surface area contributed by atoms with Crippen molar-refractivity contribution in [3.63, 3.8) is 0 Å². The molecule has 2 amide bonds. The van der Waals surface area contributed by atoms with Crippen molar-refractivity contribution in [2.75, 3.05) is 25.1 Å². The first-order chi connectivity index (χ1) is 17.4. The molecule has 1 saturated heterocycles. The van der Waals surface area contributed by atoms with Crippen LogP contribution in [0.25, 0.3) is 6.08 Å². The number of furan rings is 1. The highest BCUT2D eigenvalue weighted by Crippen LogP contribution is 2.25. The molecule has 1 atom stereocenters. The third-order valence-corrected chi connectivity index (χ3v) is 6.56. The summed E-state index contributed by atoms with van der Waals surface area (Å²) in [5.41, 5.74) is 2.69. The van der Waals surface area contributed by atoms with Gasteiger partial charge in [-0.3, -0.25) is 9.59 Å². The van der Waals surface area contributed by atoms with Crippen molar-refractivity contribution in [2.24, 2.45) is 5.92 Å². The molecule has 2 aromatic carbocycles. The van der Waals surface area contributed by atoms with Crippen LogP contribution in [0, 0.1) is 5.92 Å². The third-order valence-electron chi connectivity index (χ3n) is 6.56. The van der Waals surface area contributed by atoms with Gasteiger partial charge in [-0.2, -0.15) is 0 Å². The van der Waals surface area contributed by atoms with Gasteiger partial charge in [-0.1, -0.05) is 19.1 Å². The van der Waals surface area contributed by atoms with Gasteiger partial charge in [-0.25, -0.2) is 0 Å². The molecule has 3 aromatic rings. The van der Waals surface area contributed by atoms with Crippen LogP contribution in [-0.2, 0) is 4.79 Å². The Bertz CT molecular complexity index is 1180. The third kappa shape index (κ3) is 6.36. The Morgan fingerprint density at radius 3 is 2.36 bits per heavy atom. The van der Waals surface area contributed by atoms with Crippen molar-refractivity contribution in [3.8, 4) is 5.75 Å². The number of amides is 2. The molecule has 0 bridgehead atoms. The number of benzene rings is 2. The lowest BCUT2D eigenvalue weighted by atomic mass is 9.98. The number of ether oxygens (including phenoxy) is 1. The zero-order valence-electron chi connectivity index (χ0n) is 21.0. The molecule has 1 fully saturated rings. The first kappa shape index (κ1) is 25.1. The molecule has 2 heterocycles. The molecular formula is C29H33N3O4. The standard InChI is InChI=1S/C29H33N3O4/c1-20-14-16-32(17-15-20)24-10-6-22(7-11-24)21(2)30-29(34)27(19-26-5-4-18-36-26)31-28(33)23-8-12-25(35-3)13-9-23/h4-13,18-21H,14-17H2,1-3H3,(H,30,34)(H,31,33)/b27-19-. The van der Waals surface area contributed by atoms with Gasteiger partial charge >= 0.3 is 0 Å². The van der Waals surface area contributed by atoms with E-state index in [2.05, 4.69) is 34.6 Å². The van der Waals surface area contributed by atoms with Crippen molar-refractivity contribution in [1.82, 2.24) is 10.6 Å². The number of nitrogens with zero attached hydrogens (tertiary/aromatic N) is 1. The van der Waals surface area contributed by atoms with Crippen LogP contribution >= 0.6 is 0 Å². The van der Waals surface area contributed by atoms with Crippen LogP contribution in [0.15, 0.2) is 77.0 Å². The summed E-state index contributed by atoms with van der Waals surface area (Å²) in [4.78, 5) is 28.5. The smallest absolute Gasteiger partial charge is 0.268 e. The number of carbonyl (C=O) groups excluding carboxylic acids is 2. The Hall–Kier alpha value is -4.00. The lowest BCUT2D eigenvalue weighted by Gasteiger charge is -2.32. The van der Waals surface area contributed by atoms with E-state index in [1.54, 1.807) is 43.5 Å². The average Bonchev–Trinajstić information content (AvgIpc) is 3.42. The molecule has 0 aliphatic carbocycles. The maximum atomic E-state index is 13.2. The molecule has 0 saturated carbocycles. The van der Waals surface area contributed by atoms with Gasteiger partial charge in [0.1, 0.15) is 17.2 Å². The molecule has 1 unspecified atom stereocenters. The van der Waals surface area contributed by atoms with Gasteiger partial charge < -0.3 is 24.7 Å². The molecule has 1 aliphatic rings. The summed E-state index contributed by atoms with van der Waals surface area (Å²) in [5.74, 6) is 1.08. The highest BCUT2D eigenvalue weighted by molar-refractivity contribution is 6.05. The maximum Gasteiger partial charge on any atom is 0.268 e. The van der Waals surface area contributed by atoms with Crippen molar-refractivity contribution < 1.29 is 18.7 Å². The minimum Gasteiger partial charge on any atom is -0.497 e. The zero-order valence-corrected chi connectivity index (χ0v) is 21.0. The van der Waals surface area contributed by atoms with Crippen molar-refractivity contribution in [3.05, 3.63) is 89.5 Å². The number of methoxy groups -OCH3 is 1. The second-order valence-electron chi connectivity index (χ2n) is 9.21. The Balaban J connectivity index is 1.44. The summed E-state index contributed by atoms with van der Waals surface area (Å²) >= 11 is 0. The number of rotatable bonds is 8. The van der Waals surface area contributed by atoms with Crippen LogP contribution in [-0.4, -0.2) is 32.0 Å². The molecular weight excluding hydrogens is 454 g/mol. The normalized spacial score (nSPS) is 15.3. The van der Waals surface area contributed by atoms with E-state index in [9.17, 15) is 9.59 Å². The Morgan fingerprint density at radius 1 is 1.06 bits per heavy atom. The Kier molecular flexibility index (Phi) is 8.10. The molecule has 7 nitrogen and oxygen atoms in total. The Morgan fingerprint density at radius 2 is 1.75 bits per heavy atom. The second-order valence-corrected chi connectivity index (χ2v) is 9.21. The first-order valence-electron chi connectivity index (χ1n) is 12.3. The number of piperidine rings is 1. The molecule has 7 heteroatoms. The van der Waals surface area contributed by atoms with E-state index in [1.165, 1.54) is 30.9 Å². The van der Waals surface area contributed by atoms with Gasteiger partial charge in [0.25, 0.3) is 11.8 Å². The molecule has 0 radical (unpaired) electrons. The van der Waals surface area contributed by atoms with Gasteiger partial charge in [0.15, 0.2) is 0 Å². The van der Waals surface area contributed by atoms with Gasteiger partial charge in [0.05, 0.1) is 19.4 Å². The van der Waals surface area contributed by atoms with Crippen LogP contribution in [0.2, 0.25) is 0 Å². The number of hydrogen-bond donors (Lipinski definition) is 2. The highest BCUT2D eigenvalue weighted by atomic mass is 16.5. The first-order valence-corrected chi connectivity index (χ1v) is 12.3. The van der Waals surface area contributed by atoms with Gasteiger partial charge in [-0.15, -0.1) is 0 Å². The van der Waals surface area contributed by atoms with E-state index in [4.69, 9.17) is 9.15 Å². The lowest BCUT2D eigenvalue weighted by Crippen LogP contribution is -2.36. The van der Waals surface area contributed by atoms with Crippen LogP contribution in [0.3, 0.4) is 0 Å². The topological polar surface area (TPSA) is 83.8 Å². The van der Waals surface area contributed by atoms with Gasteiger partial charge in [-0.05, 0) is 79.8 Å². The summed E-state index contributed by atoms with van der Waals surface area (Å²) in [6, 6.07) is 18.2. The number of hydrogen-bond acceptors (Lipinski definition) is 5. The molecule has 2 N–H and O–H groups in total. The van der Waals surface area contributed by atoms with Gasteiger partial charge in [0, 0.05) is 30.4 Å². The molecule has 1 aromatic heterocycles. The average molecular weight is 488 g/mol. The quantitative estimate of drug-likeness (QED) is 0.428. The van der Waals surface area contributed by atoms with Crippen molar-refractivity contribution >= 4 is 23.6 Å². The van der Waals surface area contributed by atoms with Crippen LogP contribution in [0.5, 0.6) is 5.75 Å². The predicted octanol–water partition coefficient (Wildman–Crippen LogP) is 5.17. The zero-order chi connectivity index (χ0) is 25.5. The van der Waals surface area contributed by atoms with Gasteiger partial charge in [0.2, 0.25) is 0 Å². The van der Waals surface area contributed by atoms with E-state index >= 15 is 0 Å². The Labute approximate surface area is 212 Å². The van der Waals surface area contributed by atoms with E-state index in [1.807, 2.05) is 19.1 Å². The fourth-order valence-corrected chi connectivity index (χ4v) is 4.21. The minimum absolute atomic E-state index is 0.0941. The summed E-state index contributed by atoms with van der Waals surface area (Å²) < 4.78 is 10.5. The highest BCUT2D eigenvalue weighted by Gasteiger charge is 2.19. The largest absolute Gasteiger partial charge is 0.497 e. The predicted molar refractivity (Wildman–Crippen MR) is 141 cm³/mol.